The van der Waals surface area contributed by atoms with Crippen molar-refractivity contribution in [3.05, 3.63) is 105 Å². The van der Waals surface area contributed by atoms with Gasteiger partial charge in [-0.1, -0.05) is 51.1 Å². The molecule has 3 aliphatic rings. The molecule has 1 aliphatic carbocycles. The third-order valence-electron chi connectivity index (χ3n) is 9.40. The molecule has 0 spiro atoms. The van der Waals surface area contributed by atoms with Crippen molar-refractivity contribution in [1.29, 1.82) is 0 Å². The lowest BCUT2D eigenvalue weighted by molar-refractivity contribution is 0.112. The van der Waals surface area contributed by atoms with Crippen LogP contribution in [-0.2, 0) is 10.1 Å². The highest BCUT2D eigenvalue weighted by molar-refractivity contribution is 7.86. The average Bonchev–Trinajstić information content (AvgIpc) is 2.91. The summed E-state index contributed by atoms with van der Waals surface area (Å²) in [5.74, 6) is 0.928. The predicted molar refractivity (Wildman–Crippen MR) is 167 cm³/mol. The van der Waals surface area contributed by atoms with E-state index in [0.29, 0.717) is 22.6 Å². The van der Waals surface area contributed by atoms with Crippen molar-refractivity contribution in [3.63, 3.8) is 0 Å². The number of hydrogen-bond acceptors (Lipinski definition) is 4. The van der Waals surface area contributed by atoms with Gasteiger partial charge in [-0.05, 0) is 70.4 Å². The van der Waals surface area contributed by atoms with Gasteiger partial charge in [-0.15, -0.1) is 0 Å². The van der Waals surface area contributed by atoms with Crippen LogP contribution >= 0.6 is 0 Å². The van der Waals surface area contributed by atoms with Crippen molar-refractivity contribution in [1.82, 2.24) is 4.58 Å². The van der Waals surface area contributed by atoms with E-state index in [1.807, 2.05) is 36.4 Å². The van der Waals surface area contributed by atoms with Crippen molar-refractivity contribution in [2.45, 2.75) is 53.0 Å². The van der Waals surface area contributed by atoms with Gasteiger partial charge in [-0.2, -0.15) is 8.42 Å². The maximum Gasteiger partial charge on any atom is 0.269 e. The van der Waals surface area contributed by atoms with Gasteiger partial charge in [0.1, 0.15) is 24.3 Å². The maximum atomic E-state index is 12.3. The molecule has 0 bridgehead atoms. The standard InChI is InChI=1S/C35H35NO5S/c1-20-16-35(5,6)36(7)30-15-32-28(12-25(20)30)33(24-11-9-8-10-22(24)18-37)29-13-27-23(19-42(38,39)40)17-34(3,4)21(2)26(27)14-31(29)41-32/h8-18,21H,19H2,1-7H3/p+1. The fourth-order valence-electron chi connectivity index (χ4n) is 6.72. The highest BCUT2D eigenvalue weighted by atomic mass is 32.2. The number of rotatable bonds is 4. The molecule has 6 nitrogen and oxygen atoms in total. The van der Waals surface area contributed by atoms with Gasteiger partial charge in [-0.3, -0.25) is 9.35 Å². The lowest BCUT2D eigenvalue weighted by Crippen LogP contribution is -2.47. The smallest absolute Gasteiger partial charge is 0.269 e. The lowest BCUT2D eigenvalue weighted by Gasteiger charge is -2.37. The fourth-order valence-corrected chi connectivity index (χ4v) is 7.35. The molecular formula is C35H36NO5S+. The first kappa shape index (κ1) is 28.3. The van der Waals surface area contributed by atoms with Crippen LogP contribution in [0.25, 0.3) is 16.7 Å². The van der Waals surface area contributed by atoms with Gasteiger partial charge in [0.25, 0.3) is 10.1 Å². The van der Waals surface area contributed by atoms with E-state index >= 15 is 0 Å². The summed E-state index contributed by atoms with van der Waals surface area (Å²) in [6, 6.07) is 15.7. The van der Waals surface area contributed by atoms with Gasteiger partial charge < -0.3 is 4.74 Å². The van der Waals surface area contributed by atoms with Crippen LogP contribution in [0, 0.1) is 5.41 Å². The number of aldehydes is 1. The normalized spacial score (nSPS) is 19.9. The molecule has 3 aromatic rings. The van der Waals surface area contributed by atoms with Crippen LogP contribution in [0.2, 0.25) is 0 Å². The predicted octanol–water partition coefficient (Wildman–Crippen LogP) is 5.58. The quantitative estimate of drug-likeness (QED) is 0.193. The van der Waals surface area contributed by atoms with Crippen LogP contribution in [0.5, 0.6) is 11.5 Å². The summed E-state index contributed by atoms with van der Waals surface area (Å²) in [6.45, 7) is 12.7. The Hall–Kier alpha value is -3.81. The Bertz CT molecular complexity index is 2010. The highest BCUT2D eigenvalue weighted by Crippen LogP contribution is 2.49. The van der Waals surface area contributed by atoms with Crippen molar-refractivity contribution in [2.24, 2.45) is 5.41 Å². The molecule has 42 heavy (non-hydrogen) atoms. The summed E-state index contributed by atoms with van der Waals surface area (Å²) in [6.07, 6.45) is 5.08. The zero-order valence-electron chi connectivity index (χ0n) is 25.1. The van der Waals surface area contributed by atoms with Gasteiger partial charge in [-0.25, -0.2) is 4.58 Å². The molecule has 6 rings (SSSR count). The summed E-state index contributed by atoms with van der Waals surface area (Å²) in [5.41, 5.74) is 6.95. The fraction of sp³-hybridized carbons (Fsp3) is 0.314. The molecule has 1 unspecified atom stereocenters. The average molecular weight is 583 g/mol. The molecule has 7 heteroatoms. The maximum absolute atomic E-state index is 12.3. The number of ether oxygens (including phenoxy) is 1. The van der Waals surface area contributed by atoms with Crippen molar-refractivity contribution < 1.29 is 22.5 Å². The Balaban J connectivity index is 1.75. The van der Waals surface area contributed by atoms with Gasteiger partial charge in [0.15, 0.2) is 11.8 Å². The van der Waals surface area contributed by atoms with Gasteiger partial charge in [0, 0.05) is 41.3 Å². The van der Waals surface area contributed by atoms with E-state index in [1.54, 1.807) is 6.07 Å². The molecule has 0 saturated carbocycles. The number of fused-ring (bicyclic) bond motifs is 4. The van der Waals surface area contributed by atoms with Crippen LogP contribution in [0.4, 0.5) is 0 Å². The second-order valence-corrected chi connectivity index (χ2v) is 14.4. The monoisotopic (exact) mass is 582 g/mol. The third kappa shape index (κ3) is 4.46. The van der Waals surface area contributed by atoms with Crippen LogP contribution in [0.15, 0.2) is 60.7 Å². The van der Waals surface area contributed by atoms with Crippen molar-refractivity contribution in [2.75, 3.05) is 12.8 Å². The first-order valence-electron chi connectivity index (χ1n) is 14.2. The first-order valence-corrected chi connectivity index (χ1v) is 15.8. The molecule has 2 aliphatic heterocycles. The van der Waals surface area contributed by atoms with E-state index in [-0.39, 0.29) is 16.9 Å². The van der Waals surface area contributed by atoms with Crippen LogP contribution in [0.3, 0.4) is 0 Å². The number of nitrogens with zero attached hydrogens (tertiary/aromatic N) is 1. The zero-order valence-corrected chi connectivity index (χ0v) is 25.9. The molecule has 0 amide bonds. The topological polar surface area (TPSA) is 83.7 Å². The van der Waals surface area contributed by atoms with Crippen LogP contribution < -0.4 is 19.9 Å². The summed E-state index contributed by atoms with van der Waals surface area (Å²) in [5, 5.41) is 1.93. The summed E-state index contributed by atoms with van der Waals surface area (Å²) < 4.78 is 43.0. The minimum Gasteiger partial charge on any atom is -0.456 e. The SMILES string of the molecule is CC1=CC(C)(C)[N+](C)=c2cc3c(cc21)=C(c1ccccc1C=O)c1cc2c(cc1O3)C(C)C(C)(C)C=C2CS(=O)(=O)O. The Morgan fingerprint density at radius 2 is 1.67 bits per heavy atom. The molecular weight excluding hydrogens is 546 g/mol. The highest BCUT2D eigenvalue weighted by Gasteiger charge is 2.37. The molecule has 1 atom stereocenters. The Morgan fingerprint density at radius 3 is 2.36 bits per heavy atom. The van der Waals surface area contributed by atoms with E-state index < -0.39 is 15.9 Å². The zero-order chi connectivity index (χ0) is 30.4. The lowest BCUT2D eigenvalue weighted by atomic mass is 9.68. The van der Waals surface area contributed by atoms with E-state index in [2.05, 4.69) is 71.4 Å². The molecule has 3 aromatic carbocycles. The molecule has 216 valence electrons. The Kier molecular flexibility index (Phi) is 6.30. The number of likely N-dealkylation sites (N-methyl/N-ethyl adjacent to an activating group) is 1. The van der Waals surface area contributed by atoms with Gasteiger partial charge >= 0.3 is 0 Å². The van der Waals surface area contributed by atoms with E-state index in [9.17, 15) is 17.8 Å². The number of hydrogen-bond donors (Lipinski definition) is 1. The summed E-state index contributed by atoms with van der Waals surface area (Å²) >= 11 is 0. The van der Waals surface area contributed by atoms with E-state index in [4.69, 9.17) is 4.74 Å². The van der Waals surface area contributed by atoms with E-state index in [0.717, 1.165) is 55.8 Å². The minimum absolute atomic E-state index is 0.0573. The summed E-state index contributed by atoms with van der Waals surface area (Å²) in [7, 11) is -2.19. The third-order valence-corrected chi connectivity index (χ3v) is 10.1. The molecule has 0 radical (unpaired) electrons. The van der Waals surface area contributed by atoms with Gasteiger partial charge in [0.2, 0.25) is 5.36 Å². The van der Waals surface area contributed by atoms with Gasteiger partial charge in [0.05, 0.1) is 6.07 Å². The molecule has 0 saturated heterocycles. The minimum atomic E-state index is -4.28. The Morgan fingerprint density at radius 1 is 0.952 bits per heavy atom. The molecule has 2 heterocycles. The van der Waals surface area contributed by atoms with Crippen molar-refractivity contribution in [3.8, 4) is 11.5 Å². The molecule has 0 fully saturated rings. The summed E-state index contributed by atoms with van der Waals surface area (Å²) in [4.78, 5) is 12.3. The number of carbonyl (C=O) groups is 1. The number of allylic oxidation sites excluding steroid dienone is 2. The number of benzene rings is 3. The second kappa shape index (κ2) is 9.35. The van der Waals surface area contributed by atoms with Crippen LogP contribution in [-0.4, -0.2) is 37.6 Å². The van der Waals surface area contributed by atoms with Crippen LogP contribution in [0.1, 0.15) is 85.6 Å². The van der Waals surface area contributed by atoms with Crippen molar-refractivity contribution >= 4 is 33.1 Å². The Labute approximate surface area is 247 Å². The molecule has 0 aromatic heterocycles. The second-order valence-electron chi connectivity index (χ2n) is 13.0. The number of carbonyl (C=O) groups excluding carboxylic acids is 1. The van der Waals surface area contributed by atoms with E-state index in [1.165, 1.54) is 0 Å². The largest absolute Gasteiger partial charge is 0.456 e. The first-order chi connectivity index (χ1) is 19.6. The molecule has 1 N–H and O–H groups in total.